The summed E-state index contributed by atoms with van der Waals surface area (Å²) in [5.74, 6) is 0.719. The molecule has 0 spiro atoms. The van der Waals surface area contributed by atoms with Crippen LogP contribution in [0.15, 0.2) is 59.5 Å². The van der Waals surface area contributed by atoms with Crippen molar-refractivity contribution in [3.63, 3.8) is 0 Å². The van der Waals surface area contributed by atoms with Crippen LogP contribution in [0.5, 0.6) is 0 Å². The number of nitrogens with zero attached hydrogens (tertiary/aromatic N) is 1. The predicted molar refractivity (Wildman–Crippen MR) is 89.3 cm³/mol. The number of nitro groups is 1. The molecule has 0 N–H and O–H groups in total. The van der Waals surface area contributed by atoms with Crippen molar-refractivity contribution in [2.45, 2.75) is 10.6 Å². The fourth-order valence-corrected chi connectivity index (χ4v) is 3.60. The van der Waals surface area contributed by atoms with Gasteiger partial charge in [0.05, 0.1) is 4.92 Å². The molecule has 3 nitrogen and oxygen atoms in total. The van der Waals surface area contributed by atoms with Crippen LogP contribution in [0.3, 0.4) is 0 Å². The van der Waals surface area contributed by atoms with E-state index < -0.39 is 4.92 Å². The molecule has 0 aliphatic carbocycles. The van der Waals surface area contributed by atoms with Crippen LogP contribution in [-0.2, 0) is 5.75 Å². The van der Waals surface area contributed by atoms with Gasteiger partial charge in [-0.25, -0.2) is 0 Å². The Bertz CT molecular complexity index is 600. The van der Waals surface area contributed by atoms with E-state index >= 15 is 0 Å². The third kappa shape index (κ3) is 4.63. The van der Waals surface area contributed by atoms with Gasteiger partial charge in [0.25, 0.3) is 5.69 Å². The Morgan fingerprint density at radius 1 is 1.10 bits per heavy atom. The first kappa shape index (κ1) is 15.0. The van der Waals surface area contributed by atoms with Gasteiger partial charge in [-0.2, -0.15) is 0 Å². The molecule has 0 heterocycles. The second kappa shape index (κ2) is 7.42. The number of thiocarbonyl (C=S) groups is 1. The van der Waals surface area contributed by atoms with Crippen LogP contribution in [-0.4, -0.2) is 8.45 Å². The first-order valence-electron chi connectivity index (χ1n) is 5.78. The molecule has 0 unspecified atom stereocenters. The SMILES string of the molecule is O=[N+]([O-])c1ccc(CSC(=S)Sc2ccccc2)cc1. The van der Waals surface area contributed by atoms with E-state index in [1.807, 2.05) is 30.3 Å². The molecule has 0 atom stereocenters. The van der Waals surface area contributed by atoms with E-state index in [1.54, 1.807) is 35.7 Å². The largest absolute Gasteiger partial charge is 0.269 e. The summed E-state index contributed by atoms with van der Waals surface area (Å²) < 4.78 is 0.842. The molecular formula is C14H11NO2S3. The number of thioether (sulfide) groups is 2. The summed E-state index contributed by atoms with van der Waals surface area (Å²) in [7, 11) is 0. The van der Waals surface area contributed by atoms with E-state index in [0.29, 0.717) is 0 Å². The molecule has 0 saturated heterocycles. The fraction of sp³-hybridized carbons (Fsp3) is 0.0714. The van der Waals surface area contributed by atoms with Gasteiger partial charge >= 0.3 is 0 Å². The van der Waals surface area contributed by atoms with Gasteiger partial charge in [0, 0.05) is 22.8 Å². The molecule has 2 aromatic rings. The highest BCUT2D eigenvalue weighted by molar-refractivity contribution is 8.46. The Labute approximate surface area is 130 Å². The lowest BCUT2D eigenvalue weighted by molar-refractivity contribution is -0.384. The topological polar surface area (TPSA) is 43.1 Å². The van der Waals surface area contributed by atoms with E-state index in [4.69, 9.17) is 12.2 Å². The van der Waals surface area contributed by atoms with Crippen LogP contribution in [0.2, 0.25) is 0 Å². The summed E-state index contributed by atoms with van der Waals surface area (Å²) >= 11 is 8.44. The molecule has 2 rings (SSSR count). The molecule has 20 heavy (non-hydrogen) atoms. The van der Waals surface area contributed by atoms with Crippen molar-refractivity contribution < 1.29 is 4.92 Å². The molecular weight excluding hydrogens is 310 g/mol. The van der Waals surface area contributed by atoms with Crippen molar-refractivity contribution in [1.82, 2.24) is 0 Å². The lowest BCUT2D eigenvalue weighted by Gasteiger charge is -2.03. The number of hydrogen-bond donors (Lipinski definition) is 0. The molecule has 0 aliphatic rings. The molecule has 102 valence electrons. The summed E-state index contributed by atoms with van der Waals surface area (Å²) in [5, 5.41) is 10.6. The third-order valence-corrected chi connectivity index (χ3v) is 5.04. The van der Waals surface area contributed by atoms with Gasteiger partial charge < -0.3 is 0 Å². The zero-order valence-electron chi connectivity index (χ0n) is 10.4. The van der Waals surface area contributed by atoms with Crippen LogP contribution in [0.1, 0.15) is 5.56 Å². The molecule has 0 amide bonds. The summed E-state index contributed by atoms with van der Waals surface area (Å²) in [6.45, 7) is 0. The van der Waals surface area contributed by atoms with Gasteiger partial charge in [0.1, 0.15) is 3.53 Å². The molecule has 0 aliphatic heterocycles. The second-order valence-electron chi connectivity index (χ2n) is 3.88. The maximum absolute atomic E-state index is 10.6. The maximum Gasteiger partial charge on any atom is 0.269 e. The van der Waals surface area contributed by atoms with Crippen LogP contribution >= 0.6 is 35.7 Å². The average molecular weight is 321 g/mol. The summed E-state index contributed by atoms with van der Waals surface area (Å²) in [5.41, 5.74) is 1.14. The Morgan fingerprint density at radius 2 is 1.75 bits per heavy atom. The Morgan fingerprint density at radius 3 is 2.35 bits per heavy atom. The second-order valence-corrected chi connectivity index (χ2v) is 7.13. The fourth-order valence-electron chi connectivity index (χ4n) is 1.47. The maximum atomic E-state index is 10.6. The van der Waals surface area contributed by atoms with Crippen molar-refractivity contribution in [3.05, 3.63) is 70.3 Å². The molecule has 2 aromatic carbocycles. The lowest BCUT2D eigenvalue weighted by atomic mass is 10.2. The summed E-state index contributed by atoms with van der Waals surface area (Å²) in [4.78, 5) is 11.3. The number of nitro benzene ring substituents is 1. The minimum absolute atomic E-state index is 0.111. The summed E-state index contributed by atoms with van der Waals surface area (Å²) in [6.07, 6.45) is 0. The standard InChI is InChI=1S/C14H11NO2S3/c16-15(17)12-8-6-11(7-9-12)10-19-14(18)20-13-4-2-1-3-5-13/h1-9H,10H2. The quantitative estimate of drug-likeness (QED) is 0.346. The van der Waals surface area contributed by atoms with Crippen LogP contribution in [0.4, 0.5) is 5.69 Å². The highest BCUT2D eigenvalue weighted by Crippen LogP contribution is 2.28. The highest BCUT2D eigenvalue weighted by Gasteiger charge is 2.05. The first-order valence-corrected chi connectivity index (χ1v) is 7.99. The van der Waals surface area contributed by atoms with Crippen molar-refractivity contribution in [2.75, 3.05) is 0 Å². The molecule has 0 aromatic heterocycles. The predicted octanol–water partition coefficient (Wildman–Crippen LogP) is 4.91. The molecule has 0 bridgehead atoms. The van der Waals surface area contributed by atoms with Crippen LogP contribution in [0.25, 0.3) is 0 Å². The minimum atomic E-state index is -0.396. The van der Waals surface area contributed by atoms with Crippen molar-refractivity contribution in [1.29, 1.82) is 0 Å². The van der Waals surface area contributed by atoms with E-state index in [2.05, 4.69) is 0 Å². The van der Waals surface area contributed by atoms with Crippen molar-refractivity contribution in [2.24, 2.45) is 0 Å². The zero-order chi connectivity index (χ0) is 14.4. The Balaban J connectivity index is 1.85. The zero-order valence-corrected chi connectivity index (χ0v) is 12.8. The number of benzene rings is 2. The molecule has 0 saturated carbocycles. The van der Waals surface area contributed by atoms with E-state index in [0.717, 1.165) is 19.7 Å². The lowest BCUT2D eigenvalue weighted by Crippen LogP contribution is -1.89. The number of non-ortho nitro benzene ring substituents is 1. The van der Waals surface area contributed by atoms with Gasteiger partial charge in [0.15, 0.2) is 0 Å². The molecule has 0 fully saturated rings. The summed E-state index contributed by atoms with van der Waals surface area (Å²) in [6, 6.07) is 16.5. The Kier molecular flexibility index (Phi) is 5.58. The van der Waals surface area contributed by atoms with E-state index in [1.165, 1.54) is 12.1 Å². The average Bonchev–Trinajstić information content (AvgIpc) is 2.46. The van der Waals surface area contributed by atoms with Gasteiger partial charge in [-0.15, -0.1) is 11.8 Å². The van der Waals surface area contributed by atoms with Gasteiger partial charge in [-0.1, -0.05) is 54.3 Å². The van der Waals surface area contributed by atoms with E-state index in [-0.39, 0.29) is 5.69 Å². The normalized spacial score (nSPS) is 10.2. The first-order chi connectivity index (χ1) is 9.65. The van der Waals surface area contributed by atoms with Gasteiger partial charge in [-0.05, 0) is 17.7 Å². The smallest absolute Gasteiger partial charge is 0.258 e. The molecule has 0 radical (unpaired) electrons. The van der Waals surface area contributed by atoms with Crippen molar-refractivity contribution >= 4 is 45.0 Å². The minimum Gasteiger partial charge on any atom is -0.258 e. The van der Waals surface area contributed by atoms with Gasteiger partial charge in [-0.3, -0.25) is 10.1 Å². The van der Waals surface area contributed by atoms with Crippen molar-refractivity contribution in [3.8, 4) is 0 Å². The monoisotopic (exact) mass is 321 g/mol. The molecule has 6 heteroatoms. The highest BCUT2D eigenvalue weighted by atomic mass is 32.2. The van der Waals surface area contributed by atoms with Crippen LogP contribution < -0.4 is 0 Å². The number of rotatable bonds is 4. The van der Waals surface area contributed by atoms with Gasteiger partial charge in [0.2, 0.25) is 0 Å². The Hall–Kier alpha value is -1.37. The van der Waals surface area contributed by atoms with E-state index in [9.17, 15) is 10.1 Å². The number of hydrogen-bond acceptors (Lipinski definition) is 5. The van der Waals surface area contributed by atoms with Crippen LogP contribution in [0, 0.1) is 10.1 Å². The third-order valence-electron chi connectivity index (χ3n) is 2.45.